The second-order valence-corrected chi connectivity index (χ2v) is 8.10. The maximum Gasteiger partial charge on any atom is 0.224 e. The van der Waals surface area contributed by atoms with E-state index in [1.165, 1.54) is 6.07 Å². The highest BCUT2D eigenvalue weighted by Gasteiger charge is 2.43. The lowest BCUT2D eigenvalue weighted by molar-refractivity contribution is -0.126. The number of benzene rings is 1. The Hall–Kier alpha value is -1.83. The second kappa shape index (κ2) is 7.66. The van der Waals surface area contributed by atoms with Crippen LogP contribution in [0.2, 0.25) is 0 Å². The molecule has 0 bridgehead atoms. The average molecular weight is 389 g/mol. The largest absolute Gasteiger partial charge is 0.365 e. The number of nitrogens with one attached hydrogen (secondary N) is 1. The lowest BCUT2D eigenvalue weighted by Crippen LogP contribution is -2.46. The van der Waals surface area contributed by atoms with Crippen LogP contribution in [0.1, 0.15) is 29.7 Å². The Morgan fingerprint density at radius 1 is 1.44 bits per heavy atom. The van der Waals surface area contributed by atoms with Gasteiger partial charge in [0, 0.05) is 38.5 Å². The van der Waals surface area contributed by atoms with Crippen LogP contribution < -0.4 is 5.32 Å². The number of likely N-dealkylation sites (tertiary alicyclic amines) is 1. The predicted octanol–water partition coefficient (Wildman–Crippen LogP) is 2.71. The summed E-state index contributed by atoms with van der Waals surface area (Å²) in [6.07, 6.45) is 2.29. The van der Waals surface area contributed by atoms with Crippen LogP contribution in [0.15, 0.2) is 29.1 Å². The van der Waals surface area contributed by atoms with Crippen LogP contribution in [0.25, 0.3) is 0 Å². The molecule has 1 saturated heterocycles. The van der Waals surface area contributed by atoms with E-state index in [0.29, 0.717) is 19.6 Å². The van der Waals surface area contributed by atoms with E-state index in [9.17, 15) is 9.18 Å². The molecule has 7 heteroatoms. The molecule has 1 amide bonds. The Balaban J connectivity index is 1.42. The van der Waals surface area contributed by atoms with Crippen molar-refractivity contribution in [3.8, 4) is 0 Å². The summed E-state index contributed by atoms with van der Waals surface area (Å²) >= 11 is 1.55. The van der Waals surface area contributed by atoms with Gasteiger partial charge in [0.2, 0.25) is 5.91 Å². The molecule has 1 aromatic heterocycles. The van der Waals surface area contributed by atoms with Gasteiger partial charge in [0.25, 0.3) is 0 Å². The number of hydrogen-bond donors (Lipinski definition) is 1. The van der Waals surface area contributed by atoms with Crippen molar-refractivity contribution in [2.24, 2.45) is 5.92 Å². The van der Waals surface area contributed by atoms with Crippen molar-refractivity contribution in [3.63, 3.8) is 0 Å². The third-order valence-corrected chi connectivity index (χ3v) is 6.40. The lowest BCUT2D eigenvalue weighted by Gasteiger charge is -2.40. The van der Waals surface area contributed by atoms with E-state index >= 15 is 0 Å². The maximum absolute atomic E-state index is 13.7. The number of fused-ring (bicyclic) bond motifs is 2. The van der Waals surface area contributed by atoms with Crippen LogP contribution in [0, 0.1) is 11.7 Å². The average Bonchev–Trinajstić information content (AvgIpc) is 3.31. The van der Waals surface area contributed by atoms with Gasteiger partial charge in [-0.15, -0.1) is 11.3 Å². The number of rotatable bonds is 5. The van der Waals surface area contributed by atoms with E-state index < -0.39 is 0 Å². The van der Waals surface area contributed by atoms with E-state index in [2.05, 4.69) is 15.2 Å². The van der Waals surface area contributed by atoms with Gasteiger partial charge in [-0.25, -0.2) is 9.37 Å². The molecular weight excluding hydrogens is 365 g/mol. The van der Waals surface area contributed by atoms with Gasteiger partial charge in [0.1, 0.15) is 5.82 Å². The number of amides is 1. The fraction of sp³-hybridized carbons (Fsp3) is 0.500. The molecule has 1 N–H and O–H groups in total. The third-order valence-electron chi connectivity index (χ3n) is 5.77. The SMILES string of the molecule is CNC(=O)C(Cc1cscn1)CN1CCC2(CC1)OCc1ccc(F)cc12. The molecular formula is C20H24FN3O2S. The molecule has 1 atom stereocenters. The number of hydrogen-bond acceptors (Lipinski definition) is 5. The minimum atomic E-state index is -0.370. The topological polar surface area (TPSA) is 54.5 Å². The standard InChI is InChI=1S/C20H24FN3O2S/c1-22-19(25)15(8-17-12-27-13-23-17)10-24-6-4-20(5-7-24)18-9-16(21)3-2-14(18)11-26-20/h2-3,9,12-13,15H,4-8,10-11H2,1H3,(H,22,25). The maximum atomic E-state index is 13.7. The van der Waals surface area contributed by atoms with Crippen LogP contribution in [-0.2, 0) is 28.2 Å². The normalized spacial score (nSPS) is 19.8. The van der Waals surface area contributed by atoms with E-state index in [1.807, 2.05) is 11.4 Å². The van der Waals surface area contributed by atoms with Crippen molar-refractivity contribution in [1.29, 1.82) is 0 Å². The molecule has 1 aromatic carbocycles. The summed E-state index contributed by atoms with van der Waals surface area (Å²) in [5, 5.41) is 4.78. The first-order valence-electron chi connectivity index (χ1n) is 9.33. The number of carbonyl (C=O) groups excluding carboxylic acids is 1. The number of halogens is 1. The summed E-state index contributed by atoms with van der Waals surface area (Å²) in [5.41, 5.74) is 4.50. The zero-order valence-electron chi connectivity index (χ0n) is 15.4. The molecule has 0 aliphatic carbocycles. The Bertz CT molecular complexity index is 804. The highest BCUT2D eigenvalue weighted by molar-refractivity contribution is 7.07. The van der Waals surface area contributed by atoms with E-state index in [0.717, 1.165) is 42.8 Å². The Morgan fingerprint density at radius 2 is 2.26 bits per heavy atom. The van der Waals surface area contributed by atoms with Crippen LogP contribution in [0.5, 0.6) is 0 Å². The molecule has 144 valence electrons. The monoisotopic (exact) mass is 389 g/mol. The Morgan fingerprint density at radius 3 is 2.96 bits per heavy atom. The predicted molar refractivity (Wildman–Crippen MR) is 102 cm³/mol. The minimum absolute atomic E-state index is 0.0489. The summed E-state index contributed by atoms with van der Waals surface area (Å²) < 4.78 is 19.9. The van der Waals surface area contributed by atoms with Crippen molar-refractivity contribution >= 4 is 17.2 Å². The molecule has 2 aliphatic rings. The first kappa shape index (κ1) is 18.5. The summed E-state index contributed by atoms with van der Waals surface area (Å²) in [6, 6.07) is 4.97. The number of piperidine rings is 1. The number of nitrogens with zero attached hydrogens (tertiary/aromatic N) is 2. The zero-order valence-corrected chi connectivity index (χ0v) is 16.2. The van der Waals surface area contributed by atoms with E-state index in [4.69, 9.17) is 4.74 Å². The minimum Gasteiger partial charge on any atom is -0.365 e. The first-order valence-corrected chi connectivity index (χ1v) is 10.3. The quantitative estimate of drug-likeness (QED) is 0.854. The fourth-order valence-corrected chi connectivity index (χ4v) is 4.82. The van der Waals surface area contributed by atoms with Gasteiger partial charge >= 0.3 is 0 Å². The summed E-state index contributed by atoms with van der Waals surface area (Å²) in [7, 11) is 1.68. The first-order chi connectivity index (χ1) is 13.1. The molecule has 1 spiro atoms. The highest BCUT2D eigenvalue weighted by atomic mass is 32.1. The van der Waals surface area contributed by atoms with Crippen LogP contribution >= 0.6 is 11.3 Å². The van der Waals surface area contributed by atoms with Crippen molar-refractivity contribution in [2.75, 3.05) is 26.7 Å². The summed E-state index contributed by atoms with van der Waals surface area (Å²) in [6.45, 7) is 2.92. The number of ether oxygens (including phenoxy) is 1. The fourth-order valence-electron chi connectivity index (χ4n) is 4.25. The molecule has 0 radical (unpaired) electrons. The molecule has 5 nitrogen and oxygen atoms in total. The zero-order chi connectivity index (χ0) is 18.9. The smallest absolute Gasteiger partial charge is 0.224 e. The van der Waals surface area contributed by atoms with Crippen LogP contribution in [-0.4, -0.2) is 42.5 Å². The van der Waals surface area contributed by atoms with Crippen molar-refractivity contribution in [2.45, 2.75) is 31.5 Å². The molecule has 1 unspecified atom stereocenters. The van der Waals surface area contributed by atoms with Gasteiger partial charge in [-0.05, 0) is 36.1 Å². The molecule has 3 heterocycles. The van der Waals surface area contributed by atoms with E-state index in [1.54, 1.807) is 30.0 Å². The van der Waals surface area contributed by atoms with Crippen molar-refractivity contribution < 1.29 is 13.9 Å². The third kappa shape index (κ3) is 3.77. The van der Waals surface area contributed by atoms with Crippen molar-refractivity contribution in [1.82, 2.24) is 15.2 Å². The molecule has 2 aromatic rings. The van der Waals surface area contributed by atoms with Gasteiger partial charge in [-0.3, -0.25) is 4.79 Å². The lowest BCUT2D eigenvalue weighted by atomic mass is 9.83. The Kier molecular flexibility index (Phi) is 5.25. The Labute approximate surface area is 162 Å². The number of carbonyl (C=O) groups is 1. The molecule has 2 aliphatic heterocycles. The number of thiazole rings is 1. The van der Waals surface area contributed by atoms with E-state index in [-0.39, 0.29) is 23.2 Å². The summed E-state index contributed by atoms with van der Waals surface area (Å²) in [4.78, 5) is 19.0. The molecule has 4 rings (SSSR count). The van der Waals surface area contributed by atoms with Crippen molar-refractivity contribution in [3.05, 3.63) is 51.7 Å². The second-order valence-electron chi connectivity index (χ2n) is 7.38. The van der Waals surface area contributed by atoms with Crippen LogP contribution in [0.4, 0.5) is 4.39 Å². The van der Waals surface area contributed by atoms with Gasteiger partial charge in [0.15, 0.2) is 0 Å². The van der Waals surface area contributed by atoms with Gasteiger partial charge in [0.05, 0.1) is 29.3 Å². The summed E-state index contributed by atoms with van der Waals surface area (Å²) in [5.74, 6) is -0.280. The highest BCUT2D eigenvalue weighted by Crippen LogP contribution is 2.44. The van der Waals surface area contributed by atoms with Gasteiger partial charge < -0.3 is 15.0 Å². The van der Waals surface area contributed by atoms with Gasteiger partial charge in [-0.2, -0.15) is 0 Å². The number of aromatic nitrogens is 1. The molecule has 0 saturated carbocycles. The molecule has 1 fully saturated rings. The van der Waals surface area contributed by atoms with Crippen LogP contribution in [0.3, 0.4) is 0 Å². The van der Waals surface area contributed by atoms with Gasteiger partial charge in [-0.1, -0.05) is 6.07 Å². The molecule has 27 heavy (non-hydrogen) atoms.